The van der Waals surface area contributed by atoms with Crippen LogP contribution in [0.25, 0.3) is 11.1 Å². The van der Waals surface area contributed by atoms with Gasteiger partial charge in [-0.05, 0) is 35.2 Å². The molecule has 33 heavy (non-hydrogen) atoms. The molecule has 4 rings (SSSR count). The first kappa shape index (κ1) is 23.0. The fourth-order valence-electron chi connectivity index (χ4n) is 3.89. The third-order valence-electron chi connectivity index (χ3n) is 5.67. The highest BCUT2D eigenvalue weighted by molar-refractivity contribution is 7.93. The summed E-state index contributed by atoms with van der Waals surface area (Å²) in [6.07, 6.45) is 0. The highest BCUT2D eigenvalue weighted by Gasteiger charge is 2.36. The van der Waals surface area contributed by atoms with Gasteiger partial charge in [0.2, 0.25) is 5.91 Å². The van der Waals surface area contributed by atoms with Crippen LogP contribution in [0.4, 0.5) is 5.69 Å². The molecule has 7 heteroatoms. The highest BCUT2D eigenvalue weighted by atomic mass is 32.2. The Kier molecular flexibility index (Phi) is 6.81. The normalized spacial score (nSPS) is 14.0. The maximum absolute atomic E-state index is 13.4. The van der Waals surface area contributed by atoms with E-state index in [2.05, 4.69) is 19.2 Å². The number of carbonyl (C=O) groups is 1. The van der Waals surface area contributed by atoms with Gasteiger partial charge in [0.25, 0.3) is 10.0 Å². The molecule has 3 aromatic rings. The summed E-state index contributed by atoms with van der Waals surface area (Å²) in [7, 11) is -3.85. The second-order valence-electron chi connectivity index (χ2n) is 8.33. The number of ether oxygens (including phenoxy) is 1. The molecule has 3 aromatic carbocycles. The van der Waals surface area contributed by atoms with Gasteiger partial charge in [0.15, 0.2) is 0 Å². The zero-order valence-corrected chi connectivity index (χ0v) is 19.6. The lowest BCUT2D eigenvalue weighted by Crippen LogP contribution is -2.43. The Hall–Kier alpha value is -3.16. The van der Waals surface area contributed by atoms with Crippen molar-refractivity contribution in [3.8, 4) is 11.1 Å². The van der Waals surface area contributed by atoms with Crippen molar-refractivity contribution in [2.45, 2.75) is 31.3 Å². The predicted octanol–water partition coefficient (Wildman–Crippen LogP) is 4.32. The molecule has 0 unspecified atom stereocenters. The van der Waals surface area contributed by atoms with Crippen LogP contribution >= 0.6 is 0 Å². The molecule has 0 saturated carbocycles. The highest BCUT2D eigenvalue weighted by Crippen LogP contribution is 2.43. The average Bonchev–Trinajstić information content (AvgIpc) is 2.82. The fraction of sp³-hybridized carbons (Fsp3) is 0.269. The van der Waals surface area contributed by atoms with Crippen LogP contribution in [0.3, 0.4) is 0 Å². The number of hydrogen-bond donors (Lipinski definition) is 1. The van der Waals surface area contributed by atoms with Gasteiger partial charge >= 0.3 is 0 Å². The van der Waals surface area contributed by atoms with E-state index < -0.39 is 10.0 Å². The second-order valence-corrected chi connectivity index (χ2v) is 10.2. The Morgan fingerprint density at radius 1 is 0.970 bits per heavy atom. The van der Waals surface area contributed by atoms with E-state index in [1.54, 1.807) is 18.2 Å². The predicted molar refractivity (Wildman–Crippen MR) is 130 cm³/mol. The van der Waals surface area contributed by atoms with Gasteiger partial charge in [0.1, 0.15) is 6.54 Å². The number of nitrogens with one attached hydrogen (secondary N) is 1. The lowest BCUT2D eigenvalue weighted by molar-refractivity contribution is -0.119. The molecule has 1 heterocycles. The summed E-state index contributed by atoms with van der Waals surface area (Å²) in [6.45, 7) is 5.00. The first-order valence-electron chi connectivity index (χ1n) is 11.0. The van der Waals surface area contributed by atoms with Gasteiger partial charge in [-0.15, -0.1) is 0 Å². The van der Waals surface area contributed by atoms with Crippen molar-refractivity contribution in [1.29, 1.82) is 0 Å². The van der Waals surface area contributed by atoms with Gasteiger partial charge in [0, 0.05) is 17.7 Å². The maximum atomic E-state index is 13.4. The summed E-state index contributed by atoms with van der Waals surface area (Å²) >= 11 is 0. The number of rotatable bonds is 8. The van der Waals surface area contributed by atoms with Crippen molar-refractivity contribution < 1.29 is 17.9 Å². The third-order valence-corrected chi connectivity index (χ3v) is 7.49. The summed E-state index contributed by atoms with van der Waals surface area (Å²) in [6, 6.07) is 22.5. The van der Waals surface area contributed by atoms with E-state index in [1.807, 2.05) is 54.6 Å². The lowest BCUT2D eigenvalue weighted by Gasteiger charge is -2.32. The van der Waals surface area contributed by atoms with Crippen LogP contribution in [0.5, 0.6) is 0 Å². The van der Waals surface area contributed by atoms with E-state index in [0.717, 1.165) is 16.7 Å². The molecule has 0 aliphatic carbocycles. The summed E-state index contributed by atoms with van der Waals surface area (Å²) in [4.78, 5) is 12.9. The fourth-order valence-corrected chi connectivity index (χ4v) is 5.54. The Morgan fingerprint density at radius 3 is 2.45 bits per heavy atom. The third kappa shape index (κ3) is 4.94. The number of anilines is 1. The molecule has 0 atom stereocenters. The maximum Gasteiger partial charge on any atom is 0.265 e. The number of nitrogens with zero attached hydrogens (tertiary/aromatic N) is 1. The van der Waals surface area contributed by atoms with E-state index in [1.165, 1.54) is 4.31 Å². The monoisotopic (exact) mass is 464 g/mol. The zero-order valence-electron chi connectivity index (χ0n) is 18.8. The van der Waals surface area contributed by atoms with Crippen LogP contribution < -0.4 is 9.62 Å². The van der Waals surface area contributed by atoms with Crippen molar-refractivity contribution in [2.75, 3.05) is 24.0 Å². The number of hydrogen-bond acceptors (Lipinski definition) is 4. The summed E-state index contributed by atoms with van der Waals surface area (Å²) < 4.78 is 33.5. The topological polar surface area (TPSA) is 75.7 Å². The quantitative estimate of drug-likeness (QED) is 0.504. The van der Waals surface area contributed by atoms with Crippen LogP contribution in [0, 0.1) is 0 Å². The Balaban J connectivity index is 1.47. The molecule has 1 N–H and O–H groups in total. The first-order valence-corrected chi connectivity index (χ1v) is 12.5. The van der Waals surface area contributed by atoms with Crippen molar-refractivity contribution in [1.82, 2.24) is 5.32 Å². The minimum atomic E-state index is -3.85. The van der Waals surface area contributed by atoms with E-state index in [4.69, 9.17) is 4.74 Å². The van der Waals surface area contributed by atoms with Gasteiger partial charge in [-0.2, -0.15) is 0 Å². The van der Waals surface area contributed by atoms with Crippen molar-refractivity contribution >= 4 is 21.6 Å². The Labute approximate surface area is 195 Å². The smallest absolute Gasteiger partial charge is 0.265 e. The molecule has 0 spiro atoms. The number of amides is 1. The molecule has 1 amide bonds. The van der Waals surface area contributed by atoms with Gasteiger partial charge in [-0.3, -0.25) is 9.10 Å². The lowest BCUT2D eigenvalue weighted by atomic mass is 9.95. The minimum absolute atomic E-state index is 0.220. The average molecular weight is 465 g/mol. The first-order chi connectivity index (χ1) is 15.9. The largest absolute Gasteiger partial charge is 0.375 e. The number of carbonyl (C=O) groups excluding carboxylic acids is 1. The Bertz CT molecular complexity index is 1240. The molecular formula is C26H28N2O4S. The van der Waals surface area contributed by atoms with E-state index in [0.29, 0.717) is 36.9 Å². The number of sulfonamides is 1. The molecule has 0 fully saturated rings. The molecule has 172 valence electrons. The van der Waals surface area contributed by atoms with Crippen molar-refractivity contribution in [2.24, 2.45) is 0 Å². The van der Waals surface area contributed by atoms with Crippen LogP contribution in [0.15, 0.2) is 77.7 Å². The molecule has 0 aromatic heterocycles. The van der Waals surface area contributed by atoms with E-state index in [-0.39, 0.29) is 17.3 Å². The molecule has 6 nitrogen and oxygen atoms in total. The SMILES string of the molecule is CC(C)c1ccc2c(c1)-c1ccccc1S(=O)(=O)N2CC(=O)NCCOCc1ccccc1. The molecule has 0 saturated heterocycles. The van der Waals surface area contributed by atoms with E-state index in [9.17, 15) is 13.2 Å². The number of fused-ring (bicyclic) bond motifs is 3. The van der Waals surface area contributed by atoms with Gasteiger partial charge in [0.05, 0.1) is 23.8 Å². The molecule has 0 radical (unpaired) electrons. The van der Waals surface area contributed by atoms with Crippen LogP contribution in [-0.2, 0) is 26.2 Å². The molecule has 1 aliphatic heterocycles. The van der Waals surface area contributed by atoms with Gasteiger partial charge < -0.3 is 10.1 Å². The summed E-state index contributed by atoms with van der Waals surface area (Å²) in [5.74, 6) is -0.0752. The molecular weight excluding hydrogens is 436 g/mol. The zero-order chi connectivity index (χ0) is 23.4. The van der Waals surface area contributed by atoms with Crippen LogP contribution in [0.1, 0.15) is 30.9 Å². The van der Waals surface area contributed by atoms with Gasteiger partial charge in [-0.1, -0.05) is 68.4 Å². The number of benzene rings is 3. The standard InChI is InChI=1S/C26H28N2O4S/c1-19(2)21-12-13-24-23(16-21)22-10-6-7-11-25(22)33(30,31)28(24)17-26(29)27-14-15-32-18-20-8-4-3-5-9-20/h3-13,16,19H,14-15,17-18H2,1-2H3,(H,27,29). The van der Waals surface area contributed by atoms with Crippen molar-refractivity contribution in [3.05, 3.63) is 83.9 Å². The van der Waals surface area contributed by atoms with Crippen LogP contribution in [-0.4, -0.2) is 34.0 Å². The van der Waals surface area contributed by atoms with Crippen LogP contribution in [0.2, 0.25) is 0 Å². The van der Waals surface area contributed by atoms with Crippen molar-refractivity contribution in [3.63, 3.8) is 0 Å². The van der Waals surface area contributed by atoms with Gasteiger partial charge in [-0.25, -0.2) is 8.42 Å². The van der Waals surface area contributed by atoms with E-state index >= 15 is 0 Å². The minimum Gasteiger partial charge on any atom is -0.375 e. The summed E-state index contributed by atoms with van der Waals surface area (Å²) in [5.41, 5.74) is 4.18. The molecule has 1 aliphatic rings. The molecule has 0 bridgehead atoms. The second kappa shape index (κ2) is 9.77. The summed E-state index contributed by atoms with van der Waals surface area (Å²) in [5, 5.41) is 2.77. The Morgan fingerprint density at radius 2 is 1.70 bits per heavy atom.